The van der Waals surface area contributed by atoms with Crippen molar-refractivity contribution < 1.29 is 4.74 Å². The highest BCUT2D eigenvalue weighted by molar-refractivity contribution is 5.49. The maximum absolute atomic E-state index is 5.95. The van der Waals surface area contributed by atoms with E-state index < -0.39 is 0 Å². The Morgan fingerprint density at radius 3 is 2.44 bits per heavy atom. The molecule has 0 aliphatic heterocycles. The van der Waals surface area contributed by atoms with Gasteiger partial charge < -0.3 is 10.1 Å². The SMILES string of the molecule is CCNc1nc(C2CC2)nc(OC(C)(C)C)c1C. The lowest BCUT2D eigenvalue weighted by Gasteiger charge is -2.23. The van der Waals surface area contributed by atoms with Crippen molar-refractivity contribution in [2.45, 2.75) is 59.0 Å². The predicted octanol–water partition coefficient (Wildman–Crippen LogP) is 3.27. The minimum Gasteiger partial charge on any atom is -0.472 e. The van der Waals surface area contributed by atoms with Gasteiger partial charge in [0.05, 0.1) is 5.56 Å². The fraction of sp³-hybridized carbons (Fsp3) is 0.714. The van der Waals surface area contributed by atoms with Gasteiger partial charge in [-0.3, -0.25) is 0 Å². The summed E-state index contributed by atoms with van der Waals surface area (Å²) in [6.45, 7) is 11.1. The average Bonchev–Trinajstić information content (AvgIpc) is 3.05. The summed E-state index contributed by atoms with van der Waals surface area (Å²) >= 11 is 0. The van der Waals surface area contributed by atoms with E-state index >= 15 is 0 Å². The monoisotopic (exact) mass is 249 g/mol. The fourth-order valence-corrected chi connectivity index (χ4v) is 1.77. The summed E-state index contributed by atoms with van der Waals surface area (Å²) in [6.07, 6.45) is 2.40. The van der Waals surface area contributed by atoms with Crippen LogP contribution in [0.1, 0.15) is 57.8 Å². The largest absolute Gasteiger partial charge is 0.472 e. The van der Waals surface area contributed by atoms with Crippen LogP contribution in [0.3, 0.4) is 0 Å². The smallest absolute Gasteiger partial charge is 0.222 e. The average molecular weight is 249 g/mol. The molecule has 1 aromatic rings. The zero-order valence-electron chi connectivity index (χ0n) is 12.0. The predicted molar refractivity (Wildman–Crippen MR) is 73.3 cm³/mol. The molecule has 1 aromatic heterocycles. The zero-order valence-corrected chi connectivity index (χ0v) is 12.0. The van der Waals surface area contributed by atoms with Crippen molar-refractivity contribution in [1.29, 1.82) is 0 Å². The zero-order chi connectivity index (χ0) is 13.3. The molecule has 0 aromatic carbocycles. The van der Waals surface area contributed by atoms with Crippen molar-refractivity contribution in [2.75, 3.05) is 11.9 Å². The van der Waals surface area contributed by atoms with Crippen LogP contribution in [0.4, 0.5) is 5.82 Å². The fourth-order valence-electron chi connectivity index (χ4n) is 1.77. The van der Waals surface area contributed by atoms with Gasteiger partial charge in [0, 0.05) is 12.5 Å². The number of nitrogens with zero attached hydrogens (tertiary/aromatic N) is 2. The van der Waals surface area contributed by atoms with E-state index in [0.717, 1.165) is 29.6 Å². The summed E-state index contributed by atoms with van der Waals surface area (Å²) in [5.74, 6) is 3.09. The van der Waals surface area contributed by atoms with Gasteiger partial charge in [-0.1, -0.05) is 0 Å². The molecule has 0 saturated heterocycles. The summed E-state index contributed by atoms with van der Waals surface area (Å²) in [6, 6.07) is 0. The topological polar surface area (TPSA) is 47.0 Å². The van der Waals surface area contributed by atoms with Crippen LogP contribution >= 0.6 is 0 Å². The molecule has 0 atom stereocenters. The third-order valence-corrected chi connectivity index (χ3v) is 2.81. The van der Waals surface area contributed by atoms with Crippen LogP contribution < -0.4 is 10.1 Å². The molecule has 0 bridgehead atoms. The molecule has 1 aliphatic carbocycles. The van der Waals surface area contributed by atoms with Crippen molar-refractivity contribution in [3.63, 3.8) is 0 Å². The van der Waals surface area contributed by atoms with Gasteiger partial charge in [-0.15, -0.1) is 0 Å². The van der Waals surface area contributed by atoms with Gasteiger partial charge in [0.15, 0.2) is 0 Å². The van der Waals surface area contributed by atoms with E-state index in [1.165, 1.54) is 12.8 Å². The van der Waals surface area contributed by atoms with Crippen LogP contribution in [0.25, 0.3) is 0 Å². The molecule has 1 fully saturated rings. The van der Waals surface area contributed by atoms with Crippen molar-refractivity contribution in [3.05, 3.63) is 11.4 Å². The Labute approximate surface area is 109 Å². The molecule has 0 radical (unpaired) electrons. The van der Waals surface area contributed by atoms with Crippen LogP contribution in [0, 0.1) is 6.92 Å². The number of hydrogen-bond donors (Lipinski definition) is 1. The third-order valence-electron chi connectivity index (χ3n) is 2.81. The van der Waals surface area contributed by atoms with E-state index in [0.29, 0.717) is 5.92 Å². The Morgan fingerprint density at radius 2 is 1.94 bits per heavy atom. The lowest BCUT2D eigenvalue weighted by Crippen LogP contribution is -2.25. The van der Waals surface area contributed by atoms with Crippen molar-refractivity contribution in [1.82, 2.24) is 9.97 Å². The Kier molecular flexibility index (Phi) is 3.46. The number of hydrogen-bond acceptors (Lipinski definition) is 4. The first-order valence-corrected chi connectivity index (χ1v) is 6.72. The first-order chi connectivity index (χ1) is 8.40. The lowest BCUT2D eigenvalue weighted by atomic mass is 10.2. The number of ether oxygens (including phenoxy) is 1. The molecule has 1 N–H and O–H groups in total. The molecule has 4 heteroatoms. The van der Waals surface area contributed by atoms with Crippen LogP contribution in [0.2, 0.25) is 0 Å². The highest BCUT2D eigenvalue weighted by Crippen LogP contribution is 2.40. The number of aromatic nitrogens is 2. The first kappa shape index (κ1) is 13.1. The van der Waals surface area contributed by atoms with Gasteiger partial charge >= 0.3 is 0 Å². The van der Waals surface area contributed by atoms with Crippen molar-refractivity contribution in [3.8, 4) is 5.88 Å². The molecule has 0 amide bonds. The van der Waals surface area contributed by atoms with Crippen molar-refractivity contribution >= 4 is 5.82 Å². The summed E-state index contributed by atoms with van der Waals surface area (Å²) in [7, 11) is 0. The standard InChI is InChI=1S/C14H23N3O/c1-6-15-11-9(2)13(18-14(3,4)5)17-12(16-11)10-7-8-10/h10H,6-8H2,1-5H3,(H,15,16,17). The van der Waals surface area contributed by atoms with Gasteiger partial charge in [0.2, 0.25) is 5.88 Å². The highest BCUT2D eigenvalue weighted by Gasteiger charge is 2.29. The molecule has 1 heterocycles. The second-order valence-electron chi connectivity index (χ2n) is 5.88. The lowest BCUT2D eigenvalue weighted by molar-refractivity contribution is 0.122. The molecular formula is C14H23N3O. The van der Waals surface area contributed by atoms with E-state index in [1.807, 2.05) is 27.7 Å². The summed E-state index contributed by atoms with van der Waals surface area (Å²) in [5.41, 5.74) is 0.764. The molecule has 1 aliphatic rings. The quantitative estimate of drug-likeness (QED) is 0.889. The van der Waals surface area contributed by atoms with Gasteiger partial charge in [-0.2, -0.15) is 4.98 Å². The second-order valence-corrected chi connectivity index (χ2v) is 5.88. The second kappa shape index (κ2) is 4.75. The normalized spacial score (nSPS) is 15.6. The third kappa shape index (κ3) is 3.12. The molecule has 0 unspecified atom stereocenters. The minimum absolute atomic E-state index is 0.233. The molecule has 100 valence electrons. The minimum atomic E-state index is -0.233. The molecular weight excluding hydrogens is 226 g/mol. The van der Waals surface area contributed by atoms with Gasteiger partial charge in [0.25, 0.3) is 0 Å². The van der Waals surface area contributed by atoms with Gasteiger partial charge in [0.1, 0.15) is 17.2 Å². The number of nitrogens with one attached hydrogen (secondary N) is 1. The number of anilines is 1. The van der Waals surface area contributed by atoms with Gasteiger partial charge in [-0.25, -0.2) is 4.98 Å². The molecule has 4 nitrogen and oxygen atoms in total. The highest BCUT2D eigenvalue weighted by atomic mass is 16.5. The van der Waals surface area contributed by atoms with Crippen LogP contribution in [0.5, 0.6) is 5.88 Å². The summed E-state index contributed by atoms with van der Waals surface area (Å²) < 4.78 is 5.95. The Morgan fingerprint density at radius 1 is 1.28 bits per heavy atom. The summed E-state index contributed by atoms with van der Waals surface area (Å²) in [5, 5.41) is 3.29. The van der Waals surface area contributed by atoms with Crippen molar-refractivity contribution in [2.24, 2.45) is 0 Å². The first-order valence-electron chi connectivity index (χ1n) is 6.72. The Balaban J connectivity index is 2.36. The van der Waals surface area contributed by atoms with Crippen LogP contribution in [0.15, 0.2) is 0 Å². The molecule has 2 rings (SSSR count). The van der Waals surface area contributed by atoms with Crippen LogP contribution in [-0.2, 0) is 0 Å². The van der Waals surface area contributed by atoms with Crippen LogP contribution in [-0.4, -0.2) is 22.1 Å². The van der Waals surface area contributed by atoms with E-state index in [2.05, 4.69) is 22.2 Å². The maximum atomic E-state index is 5.95. The van der Waals surface area contributed by atoms with E-state index in [1.54, 1.807) is 0 Å². The van der Waals surface area contributed by atoms with E-state index in [9.17, 15) is 0 Å². The summed E-state index contributed by atoms with van der Waals surface area (Å²) in [4.78, 5) is 9.20. The molecule has 18 heavy (non-hydrogen) atoms. The Bertz CT molecular complexity index is 433. The molecule has 1 saturated carbocycles. The molecule has 0 spiro atoms. The number of rotatable bonds is 4. The Hall–Kier alpha value is -1.32. The van der Waals surface area contributed by atoms with Gasteiger partial charge in [-0.05, 0) is 47.5 Å². The van der Waals surface area contributed by atoms with E-state index in [-0.39, 0.29) is 5.60 Å². The van der Waals surface area contributed by atoms with E-state index in [4.69, 9.17) is 4.74 Å². The maximum Gasteiger partial charge on any atom is 0.222 e.